The molecule has 0 aliphatic carbocycles. The van der Waals surface area contributed by atoms with Gasteiger partial charge in [-0.25, -0.2) is 9.59 Å². The summed E-state index contributed by atoms with van der Waals surface area (Å²) >= 11 is 0. The van der Waals surface area contributed by atoms with Crippen LogP contribution in [0.15, 0.2) is 12.1 Å². The number of methoxy groups -OCH3 is 2. The Labute approximate surface area is 131 Å². The lowest BCUT2D eigenvalue weighted by Gasteiger charge is -2.26. The topological polar surface area (TPSA) is 102 Å². The van der Waals surface area contributed by atoms with Crippen molar-refractivity contribution in [1.29, 1.82) is 0 Å². The molecule has 7 nitrogen and oxygen atoms in total. The van der Waals surface area contributed by atoms with Crippen molar-refractivity contribution in [3.05, 3.63) is 34.4 Å². The smallest absolute Gasteiger partial charge is 0.345 e. The average molecular weight is 318 g/mol. The van der Waals surface area contributed by atoms with Crippen LogP contribution < -0.4 is 4.74 Å². The highest BCUT2D eigenvalue weighted by Crippen LogP contribution is 2.45. The van der Waals surface area contributed by atoms with Gasteiger partial charge in [-0.3, -0.25) is 0 Å². The second-order valence-electron chi connectivity index (χ2n) is 5.13. The minimum Gasteiger partial charge on any atom is -0.507 e. The van der Waals surface area contributed by atoms with Crippen LogP contribution in [0.5, 0.6) is 11.5 Å². The van der Waals surface area contributed by atoms with Gasteiger partial charge in [0, 0.05) is 22.4 Å². The van der Waals surface area contributed by atoms with Crippen molar-refractivity contribution in [3.63, 3.8) is 0 Å². The number of aliphatic hydroxyl groups excluding tert-OH is 1. The van der Waals surface area contributed by atoms with E-state index in [1.807, 2.05) is 0 Å². The number of hydrogen-bond acceptors (Lipinski definition) is 7. The summed E-state index contributed by atoms with van der Waals surface area (Å²) in [5.74, 6) is -1.67. The molecule has 0 spiro atoms. The van der Waals surface area contributed by atoms with Crippen molar-refractivity contribution >= 4 is 22.7 Å². The zero-order valence-electron chi connectivity index (χ0n) is 12.7. The summed E-state index contributed by atoms with van der Waals surface area (Å²) in [4.78, 5) is 24.2. The van der Waals surface area contributed by atoms with E-state index in [1.165, 1.54) is 26.4 Å². The number of esters is 2. The van der Waals surface area contributed by atoms with Crippen LogP contribution in [0.3, 0.4) is 0 Å². The molecule has 120 valence electrons. The Morgan fingerprint density at radius 2 is 1.96 bits per heavy atom. The Hall–Kier alpha value is -2.80. The third-order valence-corrected chi connectivity index (χ3v) is 3.89. The van der Waals surface area contributed by atoms with E-state index in [0.717, 1.165) is 0 Å². The molecule has 0 radical (unpaired) electrons. The quantitative estimate of drug-likeness (QED) is 0.814. The maximum absolute atomic E-state index is 12.1. The van der Waals surface area contributed by atoms with Gasteiger partial charge < -0.3 is 24.4 Å². The number of cyclic esters (lactones) is 1. The predicted molar refractivity (Wildman–Crippen MR) is 78.6 cm³/mol. The minimum absolute atomic E-state index is 0.116. The van der Waals surface area contributed by atoms with Crippen LogP contribution in [-0.4, -0.2) is 36.4 Å². The molecule has 1 unspecified atom stereocenters. The predicted octanol–water partition coefficient (Wildman–Crippen LogP) is 1.81. The van der Waals surface area contributed by atoms with E-state index in [9.17, 15) is 19.8 Å². The Morgan fingerprint density at radius 1 is 1.26 bits per heavy atom. The standard InChI is InChI=1S/C16H14O7/c1-6-4-7(14(18)22-3)11-9(21-2)5-8(17)12-13(11)10(6)15(19)23-16(12)20/h4-5,15,17,19H,1-3H3. The molecule has 23 heavy (non-hydrogen) atoms. The Bertz CT molecular complexity index is 854. The van der Waals surface area contributed by atoms with Crippen molar-refractivity contribution in [2.45, 2.75) is 13.2 Å². The molecule has 1 heterocycles. The number of aryl methyl sites for hydroxylation is 1. The lowest BCUT2D eigenvalue weighted by Crippen LogP contribution is -2.20. The fourth-order valence-corrected chi connectivity index (χ4v) is 2.92. The van der Waals surface area contributed by atoms with Crippen molar-refractivity contribution in [2.24, 2.45) is 0 Å². The lowest BCUT2D eigenvalue weighted by atomic mass is 9.89. The lowest BCUT2D eigenvalue weighted by molar-refractivity contribution is -0.0691. The van der Waals surface area contributed by atoms with E-state index in [2.05, 4.69) is 0 Å². The number of hydrogen-bond donors (Lipinski definition) is 2. The summed E-state index contributed by atoms with van der Waals surface area (Å²) < 4.78 is 14.9. The number of carbonyl (C=O) groups is 2. The first kappa shape index (κ1) is 15.1. The van der Waals surface area contributed by atoms with Gasteiger partial charge in [0.25, 0.3) is 0 Å². The highest BCUT2D eigenvalue weighted by molar-refractivity contribution is 6.17. The van der Waals surface area contributed by atoms with Crippen LogP contribution in [0.4, 0.5) is 0 Å². The molecule has 2 aromatic carbocycles. The third-order valence-electron chi connectivity index (χ3n) is 3.89. The molecule has 3 rings (SSSR count). The van der Waals surface area contributed by atoms with Gasteiger partial charge in [0.1, 0.15) is 17.1 Å². The Balaban J connectivity index is 2.60. The monoisotopic (exact) mass is 318 g/mol. The molecule has 1 atom stereocenters. The SMILES string of the molecule is COC(=O)c1cc(C)c2c3c(c(O)cc(OC)c13)C(=O)OC2O. The van der Waals surface area contributed by atoms with Gasteiger partial charge in [0.05, 0.1) is 19.8 Å². The van der Waals surface area contributed by atoms with Crippen LogP contribution in [0.2, 0.25) is 0 Å². The van der Waals surface area contributed by atoms with Crippen LogP contribution in [-0.2, 0) is 9.47 Å². The summed E-state index contributed by atoms with van der Waals surface area (Å²) in [6.45, 7) is 1.66. The number of benzene rings is 2. The highest BCUT2D eigenvalue weighted by atomic mass is 16.6. The average Bonchev–Trinajstić information content (AvgIpc) is 2.51. The fourth-order valence-electron chi connectivity index (χ4n) is 2.92. The molecular weight excluding hydrogens is 304 g/mol. The van der Waals surface area contributed by atoms with Gasteiger partial charge in [0.2, 0.25) is 6.29 Å². The number of aliphatic hydroxyl groups is 1. The summed E-state index contributed by atoms with van der Waals surface area (Å²) in [6, 6.07) is 2.75. The van der Waals surface area contributed by atoms with Gasteiger partial charge >= 0.3 is 11.9 Å². The molecule has 0 aromatic heterocycles. The minimum atomic E-state index is -1.49. The highest BCUT2D eigenvalue weighted by Gasteiger charge is 2.34. The van der Waals surface area contributed by atoms with E-state index in [-0.39, 0.29) is 33.4 Å². The van der Waals surface area contributed by atoms with Crippen molar-refractivity contribution in [3.8, 4) is 11.5 Å². The number of ether oxygens (including phenoxy) is 3. The normalized spacial score (nSPS) is 16.2. The second kappa shape index (κ2) is 5.13. The first-order valence-electron chi connectivity index (χ1n) is 6.75. The molecule has 0 bridgehead atoms. The van der Waals surface area contributed by atoms with E-state index in [4.69, 9.17) is 14.2 Å². The largest absolute Gasteiger partial charge is 0.507 e. The summed E-state index contributed by atoms with van der Waals surface area (Å²) in [6.07, 6.45) is -1.49. The number of aromatic hydroxyl groups is 1. The number of carbonyl (C=O) groups excluding carboxylic acids is 2. The molecular formula is C16H14O7. The first-order valence-corrected chi connectivity index (χ1v) is 6.75. The molecule has 2 N–H and O–H groups in total. The van der Waals surface area contributed by atoms with E-state index in [0.29, 0.717) is 11.1 Å². The zero-order chi connectivity index (χ0) is 16.9. The fraction of sp³-hybridized carbons (Fsp3) is 0.250. The maximum atomic E-state index is 12.1. The van der Waals surface area contributed by atoms with Crippen LogP contribution in [0.25, 0.3) is 10.8 Å². The number of phenols is 1. The summed E-state index contributed by atoms with van der Waals surface area (Å²) in [5.41, 5.74) is 0.877. The summed E-state index contributed by atoms with van der Waals surface area (Å²) in [7, 11) is 2.61. The van der Waals surface area contributed by atoms with Gasteiger partial charge in [-0.15, -0.1) is 0 Å². The molecule has 2 aromatic rings. The Kier molecular flexibility index (Phi) is 3.37. The molecule has 0 amide bonds. The second-order valence-corrected chi connectivity index (χ2v) is 5.13. The van der Waals surface area contributed by atoms with E-state index in [1.54, 1.807) is 6.92 Å². The number of rotatable bonds is 2. The van der Waals surface area contributed by atoms with E-state index >= 15 is 0 Å². The Morgan fingerprint density at radius 3 is 2.57 bits per heavy atom. The van der Waals surface area contributed by atoms with Gasteiger partial charge in [-0.2, -0.15) is 0 Å². The van der Waals surface area contributed by atoms with E-state index < -0.39 is 18.2 Å². The molecule has 1 aliphatic heterocycles. The maximum Gasteiger partial charge on any atom is 0.345 e. The van der Waals surface area contributed by atoms with Gasteiger partial charge in [0.15, 0.2) is 0 Å². The molecule has 7 heteroatoms. The van der Waals surface area contributed by atoms with Crippen LogP contribution >= 0.6 is 0 Å². The first-order chi connectivity index (χ1) is 10.9. The van der Waals surface area contributed by atoms with Crippen molar-refractivity contribution in [1.82, 2.24) is 0 Å². The van der Waals surface area contributed by atoms with Crippen molar-refractivity contribution < 1.29 is 34.0 Å². The molecule has 0 saturated carbocycles. The molecule has 1 aliphatic rings. The van der Waals surface area contributed by atoms with Crippen molar-refractivity contribution in [2.75, 3.05) is 14.2 Å². The van der Waals surface area contributed by atoms with Crippen LogP contribution in [0.1, 0.15) is 38.1 Å². The molecule has 0 fully saturated rings. The molecule has 0 saturated heterocycles. The van der Waals surface area contributed by atoms with Gasteiger partial charge in [-0.1, -0.05) is 0 Å². The number of phenolic OH excluding ortho intramolecular Hbond substituents is 1. The van der Waals surface area contributed by atoms with Gasteiger partial charge in [-0.05, 0) is 18.6 Å². The van der Waals surface area contributed by atoms with Crippen LogP contribution in [0, 0.1) is 6.92 Å². The third kappa shape index (κ3) is 2.01. The zero-order valence-corrected chi connectivity index (χ0v) is 12.7. The summed E-state index contributed by atoms with van der Waals surface area (Å²) in [5, 5.41) is 20.7.